The first-order chi connectivity index (χ1) is 9.35. The fourth-order valence-corrected chi connectivity index (χ4v) is 2.47. The van der Waals surface area contributed by atoms with Gasteiger partial charge in [-0.2, -0.15) is 0 Å². The minimum absolute atomic E-state index is 0.0134. The number of carbonyl (C=O) groups is 1. The number of hydrogen-bond acceptors (Lipinski definition) is 3. The van der Waals surface area contributed by atoms with Crippen LogP contribution in [0.25, 0.3) is 0 Å². The second kappa shape index (κ2) is 7.64. The first-order valence-corrected chi connectivity index (χ1v) is 7.54. The van der Waals surface area contributed by atoms with E-state index in [1.54, 1.807) is 7.11 Å². The molecule has 5 heteroatoms. The Morgan fingerprint density at radius 2 is 1.90 bits per heavy atom. The van der Waals surface area contributed by atoms with Gasteiger partial charge in [0.2, 0.25) is 5.91 Å². The van der Waals surface area contributed by atoms with Crippen LogP contribution < -0.4 is 15.4 Å². The van der Waals surface area contributed by atoms with E-state index in [4.69, 9.17) is 4.74 Å². The van der Waals surface area contributed by atoms with Crippen molar-refractivity contribution in [2.24, 2.45) is 0 Å². The first kappa shape index (κ1) is 17.0. The van der Waals surface area contributed by atoms with Crippen LogP contribution in [0.15, 0.2) is 22.7 Å². The number of benzene rings is 1. The maximum absolute atomic E-state index is 11.9. The molecule has 1 rings (SSSR count). The normalized spacial score (nSPS) is 13.9. The zero-order chi connectivity index (χ0) is 15.3. The standard InChI is InChI=1S/C15H23BrN2O2/c1-9(2)17-15(19)11(4)18-10(3)12-6-7-14(20-5)13(16)8-12/h6-11,18H,1-5H3,(H,17,19)/t10-,11+/m0/s1. The lowest BCUT2D eigenvalue weighted by Gasteiger charge is -2.21. The van der Waals surface area contributed by atoms with Gasteiger partial charge in [-0.1, -0.05) is 6.07 Å². The van der Waals surface area contributed by atoms with Crippen LogP contribution in [0.1, 0.15) is 39.3 Å². The molecule has 1 aromatic carbocycles. The number of methoxy groups -OCH3 is 1. The molecule has 2 atom stereocenters. The maximum atomic E-state index is 11.9. The quantitative estimate of drug-likeness (QED) is 0.835. The van der Waals surface area contributed by atoms with Gasteiger partial charge in [-0.3, -0.25) is 10.1 Å². The van der Waals surface area contributed by atoms with E-state index in [1.807, 2.05) is 45.9 Å². The third-order valence-electron chi connectivity index (χ3n) is 3.00. The van der Waals surface area contributed by atoms with Gasteiger partial charge in [-0.25, -0.2) is 0 Å². The predicted octanol–water partition coefficient (Wildman–Crippen LogP) is 3.02. The van der Waals surface area contributed by atoms with E-state index in [-0.39, 0.29) is 24.0 Å². The van der Waals surface area contributed by atoms with E-state index in [2.05, 4.69) is 26.6 Å². The monoisotopic (exact) mass is 342 g/mol. The maximum Gasteiger partial charge on any atom is 0.237 e. The number of hydrogen-bond donors (Lipinski definition) is 2. The van der Waals surface area contributed by atoms with Gasteiger partial charge in [-0.15, -0.1) is 0 Å². The van der Waals surface area contributed by atoms with Crippen LogP contribution in [0.5, 0.6) is 5.75 Å². The molecule has 0 heterocycles. The Morgan fingerprint density at radius 3 is 2.40 bits per heavy atom. The van der Waals surface area contributed by atoms with Gasteiger partial charge in [0.1, 0.15) is 5.75 Å². The molecule has 0 aromatic heterocycles. The summed E-state index contributed by atoms with van der Waals surface area (Å²) in [5, 5.41) is 6.19. The lowest BCUT2D eigenvalue weighted by atomic mass is 10.1. The van der Waals surface area contributed by atoms with Crippen LogP contribution in [-0.2, 0) is 4.79 Å². The highest BCUT2D eigenvalue weighted by atomic mass is 79.9. The Balaban J connectivity index is 2.68. The highest BCUT2D eigenvalue weighted by Gasteiger charge is 2.17. The molecule has 0 spiro atoms. The Hall–Kier alpha value is -1.07. The van der Waals surface area contributed by atoms with Crippen LogP contribution in [0.4, 0.5) is 0 Å². The molecule has 0 fully saturated rings. The van der Waals surface area contributed by atoms with Crippen molar-refractivity contribution in [3.63, 3.8) is 0 Å². The summed E-state index contributed by atoms with van der Waals surface area (Å²) in [5.74, 6) is 0.811. The Labute approximate surface area is 129 Å². The van der Waals surface area contributed by atoms with Crippen molar-refractivity contribution in [2.75, 3.05) is 7.11 Å². The summed E-state index contributed by atoms with van der Waals surface area (Å²) in [5.41, 5.74) is 1.10. The van der Waals surface area contributed by atoms with Crippen LogP contribution in [0.3, 0.4) is 0 Å². The summed E-state index contributed by atoms with van der Waals surface area (Å²) in [4.78, 5) is 11.9. The smallest absolute Gasteiger partial charge is 0.237 e. The number of ether oxygens (including phenoxy) is 1. The van der Waals surface area contributed by atoms with Gasteiger partial charge in [0.25, 0.3) is 0 Å². The van der Waals surface area contributed by atoms with Crippen molar-refractivity contribution in [3.8, 4) is 5.75 Å². The van der Waals surface area contributed by atoms with Gasteiger partial charge in [0, 0.05) is 12.1 Å². The van der Waals surface area contributed by atoms with Gasteiger partial charge in [0.05, 0.1) is 17.6 Å². The summed E-state index contributed by atoms with van der Waals surface area (Å²) in [6.45, 7) is 7.81. The number of amides is 1. The molecule has 0 aliphatic heterocycles. The van der Waals surface area contributed by atoms with E-state index in [1.165, 1.54) is 0 Å². The van der Waals surface area contributed by atoms with Crippen LogP contribution in [0.2, 0.25) is 0 Å². The molecule has 1 aromatic rings. The molecule has 0 unspecified atom stereocenters. The lowest BCUT2D eigenvalue weighted by molar-refractivity contribution is -0.123. The van der Waals surface area contributed by atoms with Crippen molar-refractivity contribution in [3.05, 3.63) is 28.2 Å². The zero-order valence-corrected chi connectivity index (χ0v) is 14.2. The molecule has 0 radical (unpaired) electrons. The fourth-order valence-electron chi connectivity index (χ4n) is 1.91. The fraction of sp³-hybridized carbons (Fsp3) is 0.533. The van der Waals surface area contributed by atoms with Gasteiger partial charge in [-0.05, 0) is 61.3 Å². The molecule has 1 amide bonds. The number of rotatable bonds is 6. The van der Waals surface area contributed by atoms with Gasteiger partial charge in [0.15, 0.2) is 0 Å². The Kier molecular flexibility index (Phi) is 6.49. The topological polar surface area (TPSA) is 50.4 Å². The Bertz CT molecular complexity index is 463. The zero-order valence-electron chi connectivity index (χ0n) is 12.7. The van der Waals surface area contributed by atoms with Crippen LogP contribution in [-0.4, -0.2) is 25.1 Å². The predicted molar refractivity (Wildman–Crippen MR) is 85.0 cm³/mol. The second-order valence-electron chi connectivity index (χ2n) is 5.17. The van der Waals surface area contributed by atoms with E-state index in [0.717, 1.165) is 15.8 Å². The number of halogens is 1. The van der Waals surface area contributed by atoms with E-state index in [9.17, 15) is 4.79 Å². The molecule has 0 saturated carbocycles. The highest BCUT2D eigenvalue weighted by molar-refractivity contribution is 9.10. The Morgan fingerprint density at radius 1 is 1.25 bits per heavy atom. The summed E-state index contributed by atoms with van der Waals surface area (Å²) >= 11 is 3.47. The highest BCUT2D eigenvalue weighted by Crippen LogP contribution is 2.28. The number of carbonyl (C=O) groups excluding carboxylic acids is 1. The first-order valence-electron chi connectivity index (χ1n) is 6.75. The molecule has 4 nitrogen and oxygen atoms in total. The van der Waals surface area contributed by atoms with Crippen molar-refractivity contribution in [1.82, 2.24) is 10.6 Å². The van der Waals surface area contributed by atoms with Crippen molar-refractivity contribution < 1.29 is 9.53 Å². The average Bonchev–Trinajstić information content (AvgIpc) is 2.37. The third-order valence-corrected chi connectivity index (χ3v) is 3.62. The molecular formula is C15H23BrN2O2. The van der Waals surface area contributed by atoms with E-state index >= 15 is 0 Å². The van der Waals surface area contributed by atoms with Crippen molar-refractivity contribution >= 4 is 21.8 Å². The molecule has 0 saturated heterocycles. The SMILES string of the molecule is COc1ccc([C@H](C)N[C@H](C)C(=O)NC(C)C)cc1Br. The second-order valence-corrected chi connectivity index (χ2v) is 6.02. The number of nitrogens with one attached hydrogen (secondary N) is 2. The van der Waals surface area contributed by atoms with E-state index in [0.29, 0.717) is 0 Å². The van der Waals surface area contributed by atoms with Crippen molar-refractivity contribution in [2.45, 2.75) is 45.8 Å². The minimum atomic E-state index is -0.242. The molecular weight excluding hydrogens is 320 g/mol. The van der Waals surface area contributed by atoms with Crippen LogP contribution in [0, 0.1) is 0 Å². The summed E-state index contributed by atoms with van der Waals surface area (Å²) in [6, 6.07) is 5.89. The molecule has 0 aliphatic rings. The summed E-state index contributed by atoms with van der Waals surface area (Å²) in [7, 11) is 1.64. The molecule has 2 N–H and O–H groups in total. The average molecular weight is 343 g/mol. The largest absolute Gasteiger partial charge is 0.496 e. The molecule has 0 bridgehead atoms. The molecule has 112 valence electrons. The van der Waals surface area contributed by atoms with Crippen molar-refractivity contribution in [1.29, 1.82) is 0 Å². The lowest BCUT2D eigenvalue weighted by Crippen LogP contribution is -2.45. The van der Waals surface area contributed by atoms with Gasteiger partial charge < -0.3 is 10.1 Å². The van der Waals surface area contributed by atoms with Crippen LogP contribution >= 0.6 is 15.9 Å². The third kappa shape index (κ3) is 4.80. The molecule has 0 aliphatic carbocycles. The summed E-state index contributed by atoms with van der Waals surface area (Å²) < 4.78 is 6.12. The summed E-state index contributed by atoms with van der Waals surface area (Å²) in [6.07, 6.45) is 0. The van der Waals surface area contributed by atoms with E-state index < -0.39 is 0 Å². The molecule has 20 heavy (non-hydrogen) atoms. The van der Waals surface area contributed by atoms with Gasteiger partial charge >= 0.3 is 0 Å². The minimum Gasteiger partial charge on any atom is -0.496 e.